The fourth-order valence-electron chi connectivity index (χ4n) is 3.45. The van der Waals surface area contributed by atoms with Crippen molar-refractivity contribution in [2.45, 2.75) is 69.9 Å². The van der Waals surface area contributed by atoms with Crippen molar-refractivity contribution < 1.29 is 8.42 Å². The van der Waals surface area contributed by atoms with E-state index >= 15 is 0 Å². The van der Waals surface area contributed by atoms with Crippen LogP contribution in [0.3, 0.4) is 0 Å². The summed E-state index contributed by atoms with van der Waals surface area (Å²) in [5.41, 5.74) is 0.218. The normalized spacial score (nSPS) is 40.9. The molecule has 1 aliphatic heterocycles. The Labute approximate surface area is 112 Å². The van der Waals surface area contributed by atoms with Crippen LogP contribution in [-0.2, 0) is 9.84 Å². The molecular weight excluding hydrogens is 246 g/mol. The average Bonchev–Trinajstić information content (AvgIpc) is 2.37. The Morgan fingerprint density at radius 1 is 1.11 bits per heavy atom. The minimum atomic E-state index is -2.95. The largest absolute Gasteiger partial charge is 0.313 e. The van der Waals surface area contributed by atoms with E-state index in [-0.39, 0.29) is 22.0 Å². The van der Waals surface area contributed by atoms with Gasteiger partial charge in [0.15, 0.2) is 9.84 Å². The van der Waals surface area contributed by atoms with Crippen LogP contribution < -0.4 is 5.32 Å². The van der Waals surface area contributed by atoms with E-state index in [1.165, 1.54) is 0 Å². The van der Waals surface area contributed by atoms with E-state index in [9.17, 15) is 8.42 Å². The van der Waals surface area contributed by atoms with Crippen molar-refractivity contribution in [3.8, 4) is 0 Å². The first-order valence-electron chi connectivity index (χ1n) is 7.19. The maximum atomic E-state index is 12.6. The number of hydrogen-bond donors (Lipinski definition) is 1. The predicted octanol–water partition coefficient (Wildman–Crippen LogP) is 2.37. The molecule has 2 rings (SSSR count). The van der Waals surface area contributed by atoms with E-state index < -0.39 is 9.84 Å². The summed E-state index contributed by atoms with van der Waals surface area (Å²) < 4.78 is 25.2. The highest BCUT2D eigenvalue weighted by Gasteiger charge is 2.45. The summed E-state index contributed by atoms with van der Waals surface area (Å²) >= 11 is 0. The van der Waals surface area contributed by atoms with Gasteiger partial charge in [0.05, 0.1) is 10.5 Å². The van der Waals surface area contributed by atoms with Crippen LogP contribution >= 0.6 is 0 Å². The van der Waals surface area contributed by atoms with Gasteiger partial charge >= 0.3 is 0 Å². The standard InChI is InChI=1S/C14H27NO2S/c1-10-7-8-15-12-6-5-11(14(2,3)4)9-13(12)18(10,16)17/h10-13,15H,5-9H2,1-4H3. The van der Waals surface area contributed by atoms with Crippen LogP contribution in [0.1, 0.15) is 53.4 Å². The Kier molecular flexibility index (Phi) is 3.81. The van der Waals surface area contributed by atoms with Crippen LogP contribution in [0, 0.1) is 11.3 Å². The van der Waals surface area contributed by atoms with Crippen molar-refractivity contribution in [3.05, 3.63) is 0 Å². The highest BCUT2D eigenvalue weighted by atomic mass is 32.2. The molecule has 1 saturated heterocycles. The number of sulfone groups is 1. The molecule has 0 aromatic carbocycles. The van der Waals surface area contributed by atoms with Gasteiger partial charge in [0.1, 0.15) is 0 Å². The highest BCUT2D eigenvalue weighted by molar-refractivity contribution is 7.92. The zero-order valence-electron chi connectivity index (χ0n) is 12.1. The van der Waals surface area contributed by atoms with Crippen molar-refractivity contribution in [1.82, 2.24) is 5.32 Å². The van der Waals surface area contributed by atoms with Crippen LogP contribution in [0.2, 0.25) is 0 Å². The summed E-state index contributed by atoms with van der Waals surface area (Å²) in [6.07, 6.45) is 3.77. The molecule has 1 saturated carbocycles. The molecule has 2 aliphatic rings. The molecule has 1 N–H and O–H groups in total. The van der Waals surface area contributed by atoms with E-state index in [0.717, 1.165) is 32.2 Å². The Bertz CT molecular complexity index is 397. The van der Waals surface area contributed by atoms with E-state index in [1.54, 1.807) is 0 Å². The van der Waals surface area contributed by atoms with Crippen LogP contribution in [0.5, 0.6) is 0 Å². The van der Waals surface area contributed by atoms with Gasteiger partial charge in [-0.05, 0) is 50.5 Å². The number of hydrogen-bond acceptors (Lipinski definition) is 3. The van der Waals surface area contributed by atoms with Gasteiger partial charge in [-0.25, -0.2) is 8.42 Å². The Hall–Kier alpha value is -0.0900. The first kappa shape index (κ1) is 14.3. The maximum Gasteiger partial charge on any atom is 0.157 e. The summed E-state index contributed by atoms with van der Waals surface area (Å²) in [5.74, 6) is 0.528. The molecule has 3 nitrogen and oxygen atoms in total. The van der Waals surface area contributed by atoms with Gasteiger partial charge in [0.2, 0.25) is 0 Å². The fraction of sp³-hybridized carbons (Fsp3) is 1.00. The Morgan fingerprint density at radius 2 is 1.78 bits per heavy atom. The summed E-state index contributed by atoms with van der Waals surface area (Å²) in [6.45, 7) is 9.43. The van der Waals surface area contributed by atoms with Gasteiger partial charge in [-0.2, -0.15) is 0 Å². The topological polar surface area (TPSA) is 46.2 Å². The molecule has 0 aromatic heterocycles. The van der Waals surface area contributed by atoms with Gasteiger partial charge < -0.3 is 5.32 Å². The van der Waals surface area contributed by atoms with Gasteiger partial charge in [0.25, 0.3) is 0 Å². The third kappa shape index (κ3) is 2.60. The first-order chi connectivity index (χ1) is 8.23. The quantitative estimate of drug-likeness (QED) is 0.737. The molecular formula is C14H27NO2S. The lowest BCUT2D eigenvalue weighted by Gasteiger charge is -2.41. The van der Waals surface area contributed by atoms with Crippen molar-refractivity contribution in [2.75, 3.05) is 6.54 Å². The second-order valence-corrected chi connectivity index (χ2v) is 9.75. The molecule has 4 unspecified atom stereocenters. The van der Waals surface area contributed by atoms with Crippen molar-refractivity contribution in [3.63, 3.8) is 0 Å². The minimum Gasteiger partial charge on any atom is -0.313 e. The number of nitrogens with one attached hydrogen (secondary N) is 1. The van der Waals surface area contributed by atoms with Gasteiger partial charge in [0, 0.05) is 6.04 Å². The molecule has 4 heteroatoms. The van der Waals surface area contributed by atoms with Gasteiger partial charge in [-0.3, -0.25) is 0 Å². The van der Waals surface area contributed by atoms with Gasteiger partial charge in [-0.1, -0.05) is 20.8 Å². The monoisotopic (exact) mass is 273 g/mol. The van der Waals surface area contributed by atoms with Crippen LogP contribution in [-0.4, -0.2) is 31.5 Å². The maximum absolute atomic E-state index is 12.6. The SMILES string of the molecule is CC1CCNC2CCC(C(C)(C)C)CC2S1(=O)=O. The van der Waals surface area contributed by atoms with Gasteiger partial charge in [-0.15, -0.1) is 0 Å². The van der Waals surface area contributed by atoms with Crippen LogP contribution in [0.15, 0.2) is 0 Å². The van der Waals surface area contributed by atoms with Crippen molar-refractivity contribution in [1.29, 1.82) is 0 Å². The first-order valence-corrected chi connectivity index (χ1v) is 8.80. The summed E-state index contributed by atoms with van der Waals surface area (Å²) in [6, 6.07) is 0.193. The number of fused-ring (bicyclic) bond motifs is 1. The van der Waals surface area contributed by atoms with Crippen LogP contribution in [0.25, 0.3) is 0 Å². The molecule has 106 valence electrons. The smallest absolute Gasteiger partial charge is 0.157 e. The van der Waals surface area contributed by atoms with E-state index in [1.807, 2.05) is 6.92 Å². The molecule has 0 amide bonds. The highest BCUT2D eigenvalue weighted by Crippen LogP contribution is 2.41. The zero-order valence-corrected chi connectivity index (χ0v) is 12.9. The zero-order chi connectivity index (χ0) is 13.6. The molecule has 1 aliphatic carbocycles. The second kappa shape index (κ2) is 4.78. The fourth-order valence-corrected chi connectivity index (χ4v) is 5.68. The lowest BCUT2D eigenvalue weighted by Crippen LogP contribution is -2.49. The van der Waals surface area contributed by atoms with E-state index in [4.69, 9.17) is 0 Å². The molecule has 18 heavy (non-hydrogen) atoms. The van der Waals surface area contributed by atoms with Crippen molar-refractivity contribution >= 4 is 9.84 Å². The third-order valence-electron chi connectivity index (χ3n) is 4.96. The Morgan fingerprint density at radius 3 is 2.39 bits per heavy atom. The molecule has 0 radical (unpaired) electrons. The Balaban J connectivity index is 2.25. The van der Waals surface area contributed by atoms with E-state index in [0.29, 0.717) is 5.92 Å². The lowest BCUT2D eigenvalue weighted by atomic mass is 9.71. The lowest BCUT2D eigenvalue weighted by molar-refractivity contribution is 0.163. The van der Waals surface area contributed by atoms with Crippen molar-refractivity contribution in [2.24, 2.45) is 11.3 Å². The molecule has 0 aromatic rings. The summed E-state index contributed by atoms with van der Waals surface area (Å²) in [7, 11) is -2.95. The third-order valence-corrected chi connectivity index (χ3v) is 7.68. The summed E-state index contributed by atoms with van der Waals surface area (Å²) in [4.78, 5) is 0. The summed E-state index contributed by atoms with van der Waals surface area (Å²) in [5, 5.41) is 3.12. The molecule has 0 bridgehead atoms. The predicted molar refractivity (Wildman–Crippen MR) is 75.4 cm³/mol. The number of rotatable bonds is 0. The van der Waals surface area contributed by atoms with E-state index in [2.05, 4.69) is 26.1 Å². The average molecular weight is 273 g/mol. The minimum absolute atomic E-state index is 0.159. The molecule has 4 atom stereocenters. The second-order valence-electron chi connectivity index (χ2n) is 7.16. The molecule has 0 spiro atoms. The van der Waals surface area contributed by atoms with Crippen LogP contribution in [0.4, 0.5) is 0 Å². The molecule has 1 heterocycles. The molecule has 2 fully saturated rings.